The number of benzene rings is 1. The highest BCUT2D eigenvalue weighted by Crippen LogP contribution is 2.44. The number of nitro benzene ring substituents is 1. The molecule has 0 aliphatic rings. The van der Waals surface area contributed by atoms with Crippen molar-refractivity contribution in [1.29, 1.82) is 0 Å². The number of nitro groups is 1. The third-order valence-corrected chi connectivity index (χ3v) is 2.24. The van der Waals surface area contributed by atoms with Crippen molar-refractivity contribution in [3.05, 3.63) is 39.9 Å². The first-order chi connectivity index (χ1) is 5.93. The molecular weight excluding hydrogens is 281 g/mol. The molecule has 0 aromatic heterocycles. The Balaban J connectivity index is 3.28. The average Bonchev–Trinajstić information content (AvgIpc) is 2.03. The smallest absolute Gasteiger partial charge is 0.258 e. The molecule has 1 rings (SSSR count). The topological polar surface area (TPSA) is 43.1 Å². The summed E-state index contributed by atoms with van der Waals surface area (Å²) in [6.07, 6.45) is 0. The van der Waals surface area contributed by atoms with Gasteiger partial charge >= 0.3 is 0 Å². The molecule has 0 saturated heterocycles. The first kappa shape index (κ1) is 10.8. The molecule has 0 spiro atoms. The zero-order chi connectivity index (χ0) is 10.1. The van der Waals surface area contributed by atoms with Crippen LogP contribution in [0.2, 0.25) is 0 Å². The molecule has 0 bridgehead atoms. The highest BCUT2D eigenvalue weighted by molar-refractivity contribution is 9.10. The summed E-state index contributed by atoms with van der Waals surface area (Å²) in [6, 6.07) is 6.01. The van der Waals surface area contributed by atoms with Crippen LogP contribution in [0.1, 0.15) is 5.56 Å². The third kappa shape index (κ3) is 2.56. The van der Waals surface area contributed by atoms with Crippen molar-refractivity contribution in [1.82, 2.24) is 0 Å². The molecule has 3 nitrogen and oxygen atoms in total. The lowest BCUT2D eigenvalue weighted by Crippen LogP contribution is -2.03. The van der Waals surface area contributed by atoms with Crippen molar-refractivity contribution >= 4 is 44.8 Å². The fourth-order valence-corrected chi connectivity index (χ4v) is 1.53. The largest absolute Gasteiger partial charge is 0.276 e. The van der Waals surface area contributed by atoms with Gasteiger partial charge in [-0.25, -0.2) is 0 Å². The molecule has 0 saturated carbocycles. The maximum atomic E-state index is 10.5. The predicted molar refractivity (Wildman–Crippen MR) is 55.4 cm³/mol. The van der Waals surface area contributed by atoms with E-state index in [1.165, 1.54) is 12.1 Å². The van der Waals surface area contributed by atoms with E-state index < -0.39 is 8.17 Å². The van der Waals surface area contributed by atoms with Gasteiger partial charge in [-0.05, 0) is 22.0 Å². The number of alkyl halides is 3. The molecule has 0 N–H and O–H groups in total. The van der Waals surface area contributed by atoms with E-state index in [2.05, 4.69) is 15.9 Å². The van der Waals surface area contributed by atoms with Gasteiger partial charge in [0, 0.05) is 6.07 Å². The molecule has 0 heterocycles. The van der Waals surface area contributed by atoms with Gasteiger partial charge in [0.25, 0.3) is 5.69 Å². The molecule has 0 amide bonds. The second kappa shape index (κ2) is 3.82. The SMILES string of the molecule is O=[N+]([O-])c1ccccc1C(Cl)(Cl)Br. The Hall–Kier alpha value is -0.320. The van der Waals surface area contributed by atoms with Crippen LogP contribution >= 0.6 is 39.1 Å². The number of rotatable bonds is 2. The van der Waals surface area contributed by atoms with Crippen LogP contribution in [0, 0.1) is 10.1 Å². The molecule has 70 valence electrons. The van der Waals surface area contributed by atoms with E-state index >= 15 is 0 Å². The lowest BCUT2D eigenvalue weighted by Gasteiger charge is -2.10. The van der Waals surface area contributed by atoms with E-state index in [-0.39, 0.29) is 11.3 Å². The van der Waals surface area contributed by atoms with Crippen LogP contribution in [0.15, 0.2) is 24.3 Å². The Labute approximate surface area is 92.9 Å². The summed E-state index contributed by atoms with van der Waals surface area (Å²) < 4.78 is -1.42. The fourth-order valence-electron chi connectivity index (χ4n) is 0.873. The zero-order valence-electron chi connectivity index (χ0n) is 6.21. The van der Waals surface area contributed by atoms with Crippen molar-refractivity contribution in [3.63, 3.8) is 0 Å². The van der Waals surface area contributed by atoms with Crippen molar-refractivity contribution in [3.8, 4) is 0 Å². The van der Waals surface area contributed by atoms with E-state index in [4.69, 9.17) is 23.2 Å². The Kier molecular flexibility index (Phi) is 3.16. The minimum absolute atomic E-state index is 0.107. The molecule has 6 heteroatoms. The van der Waals surface area contributed by atoms with Crippen LogP contribution < -0.4 is 0 Å². The van der Waals surface area contributed by atoms with Gasteiger partial charge in [-0.2, -0.15) is 0 Å². The minimum Gasteiger partial charge on any atom is -0.258 e. The highest BCUT2D eigenvalue weighted by atomic mass is 79.9. The van der Waals surface area contributed by atoms with Gasteiger partial charge in [0.05, 0.1) is 10.5 Å². The summed E-state index contributed by atoms with van der Waals surface area (Å²) in [5.41, 5.74) is 0.118. The van der Waals surface area contributed by atoms with E-state index in [1.807, 2.05) is 0 Å². The van der Waals surface area contributed by atoms with E-state index in [1.54, 1.807) is 12.1 Å². The molecule has 0 radical (unpaired) electrons. The van der Waals surface area contributed by atoms with Crippen molar-refractivity contribution in [2.45, 2.75) is 3.24 Å². The maximum Gasteiger partial charge on any atom is 0.276 e. The normalized spacial score (nSPS) is 11.3. The van der Waals surface area contributed by atoms with Gasteiger partial charge < -0.3 is 0 Å². The van der Waals surface area contributed by atoms with Gasteiger partial charge in [-0.15, -0.1) is 0 Å². The Morgan fingerprint density at radius 1 is 1.38 bits per heavy atom. The Morgan fingerprint density at radius 2 is 1.92 bits per heavy atom. The third-order valence-electron chi connectivity index (χ3n) is 1.41. The van der Waals surface area contributed by atoms with Crippen LogP contribution in [-0.4, -0.2) is 4.92 Å². The van der Waals surface area contributed by atoms with E-state index in [0.29, 0.717) is 0 Å². The van der Waals surface area contributed by atoms with Gasteiger partial charge in [0.15, 0.2) is 0 Å². The summed E-state index contributed by atoms with van der Waals surface area (Å²) in [4.78, 5) is 10.0. The predicted octanol–water partition coefficient (Wildman–Crippen LogP) is 3.58. The van der Waals surface area contributed by atoms with Crippen LogP contribution in [-0.2, 0) is 3.24 Å². The molecule has 1 aromatic carbocycles. The lowest BCUT2D eigenvalue weighted by atomic mass is 10.2. The number of nitrogens with zero attached hydrogens (tertiary/aromatic N) is 1. The monoisotopic (exact) mass is 283 g/mol. The van der Waals surface area contributed by atoms with Crippen molar-refractivity contribution in [2.24, 2.45) is 0 Å². The fraction of sp³-hybridized carbons (Fsp3) is 0.143. The highest BCUT2D eigenvalue weighted by Gasteiger charge is 2.30. The Morgan fingerprint density at radius 3 is 2.31 bits per heavy atom. The first-order valence-corrected chi connectivity index (χ1v) is 4.78. The van der Waals surface area contributed by atoms with Gasteiger partial charge in [-0.1, -0.05) is 35.3 Å². The number of para-hydroxylation sites is 1. The van der Waals surface area contributed by atoms with Crippen LogP contribution in [0.4, 0.5) is 5.69 Å². The minimum atomic E-state index is -1.42. The molecule has 0 atom stereocenters. The van der Waals surface area contributed by atoms with E-state index in [9.17, 15) is 10.1 Å². The average molecular weight is 285 g/mol. The summed E-state index contributed by atoms with van der Waals surface area (Å²) in [5.74, 6) is 0. The summed E-state index contributed by atoms with van der Waals surface area (Å²) >= 11 is 14.3. The second-order valence-electron chi connectivity index (χ2n) is 2.27. The molecule has 0 unspecified atom stereocenters. The van der Waals surface area contributed by atoms with Crippen LogP contribution in [0.5, 0.6) is 0 Å². The molecule has 0 aliphatic carbocycles. The quantitative estimate of drug-likeness (QED) is 0.473. The molecule has 0 aliphatic heterocycles. The second-order valence-corrected chi connectivity index (χ2v) is 5.70. The molecule has 13 heavy (non-hydrogen) atoms. The summed E-state index contributed by atoms with van der Waals surface area (Å²) in [5, 5.41) is 10.5. The van der Waals surface area contributed by atoms with Gasteiger partial charge in [-0.3, -0.25) is 10.1 Å². The van der Waals surface area contributed by atoms with Crippen molar-refractivity contribution in [2.75, 3.05) is 0 Å². The Bertz CT molecular complexity index is 338. The van der Waals surface area contributed by atoms with Gasteiger partial charge in [0.1, 0.15) is 0 Å². The summed E-state index contributed by atoms with van der Waals surface area (Å²) in [6.45, 7) is 0. The number of halogens is 3. The van der Waals surface area contributed by atoms with Crippen LogP contribution in [0.25, 0.3) is 0 Å². The maximum absolute atomic E-state index is 10.5. The first-order valence-electron chi connectivity index (χ1n) is 3.23. The van der Waals surface area contributed by atoms with Crippen LogP contribution in [0.3, 0.4) is 0 Å². The standard InChI is InChI=1S/C7H4BrCl2NO2/c8-7(9,10)5-3-1-2-4-6(5)11(12)13/h1-4H. The number of hydrogen-bond acceptors (Lipinski definition) is 2. The van der Waals surface area contributed by atoms with Gasteiger partial charge in [0.2, 0.25) is 3.24 Å². The molecule has 0 fully saturated rings. The molecular formula is C7H4BrCl2NO2. The lowest BCUT2D eigenvalue weighted by molar-refractivity contribution is -0.385. The van der Waals surface area contributed by atoms with E-state index in [0.717, 1.165) is 0 Å². The zero-order valence-corrected chi connectivity index (χ0v) is 9.30. The number of hydrogen-bond donors (Lipinski definition) is 0. The van der Waals surface area contributed by atoms with Crippen molar-refractivity contribution < 1.29 is 4.92 Å². The molecule has 1 aromatic rings. The summed E-state index contributed by atoms with van der Waals surface area (Å²) in [7, 11) is 0.